The molecule has 4 nitrogen and oxygen atoms in total. The van der Waals surface area contributed by atoms with Gasteiger partial charge < -0.3 is 9.64 Å². The zero-order valence-corrected chi connectivity index (χ0v) is 20.6. The second kappa shape index (κ2) is 7.71. The van der Waals surface area contributed by atoms with Gasteiger partial charge in [0.05, 0.1) is 0 Å². The minimum atomic E-state index is -0.260. The number of rotatable bonds is 4. The topological polar surface area (TPSA) is 46.6 Å². The third-order valence-corrected chi connectivity index (χ3v) is 10.7. The van der Waals surface area contributed by atoms with Gasteiger partial charge in [-0.05, 0) is 80.1 Å². The van der Waals surface area contributed by atoms with Crippen LogP contribution in [0.15, 0.2) is 0 Å². The van der Waals surface area contributed by atoms with Crippen molar-refractivity contribution in [2.75, 3.05) is 26.1 Å². The van der Waals surface area contributed by atoms with E-state index in [4.69, 9.17) is 4.74 Å². The van der Waals surface area contributed by atoms with Crippen molar-refractivity contribution >= 4 is 23.6 Å². The van der Waals surface area contributed by atoms with Crippen molar-refractivity contribution in [3.05, 3.63) is 0 Å². The fourth-order valence-electron chi connectivity index (χ4n) is 9.01. The Balaban J connectivity index is 1.74. The second-order valence-corrected chi connectivity index (χ2v) is 12.4. The maximum atomic E-state index is 13.3. The molecule has 0 aliphatic heterocycles. The summed E-state index contributed by atoms with van der Waals surface area (Å²) in [4.78, 5) is 27.3. The van der Waals surface area contributed by atoms with Crippen LogP contribution in [0.4, 0.5) is 0 Å². The van der Waals surface area contributed by atoms with Gasteiger partial charge in [-0.1, -0.05) is 20.3 Å². The van der Waals surface area contributed by atoms with Crippen LogP contribution >= 0.6 is 11.8 Å². The van der Waals surface area contributed by atoms with E-state index >= 15 is 0 Å². The summed E-state index contributed by atoms with van der Waals surface area (Å²) in [5, 5.41) is 0. The Morgan fingerprint density at radius 1 is 1.07 bits per heavy atom. The van der Waals surface area contributed by atoms with Crippen molar-refractivity contribution in [2.45, 2.75) is 78.2 Å². The fourth-order valence-corrected chi connectivity index (χ4v) is 9.84. The first-order valence-corrected chi connectivity index (χ1v) is 13.4. The fraction of sp³-hybridized carbons (Fsp3) is 0.920. The van der Waals surface area contributed by atoms with Crippen LogP contribution in [0, 0.1) is 39.9 Å². The summed E-state index contributed by atoms with van der Waals surface area (Å²) < 4.78 is 6.19. The number of ether oxygens (including phenoxy) is 1. The van der Waals surface area contributed by atoms with E-state index in [9.17, 15) is 9.59 Å². The van der Waals surface area contributed by atoms with E-state index < -0.39 is 0 Å². The van der Waals surface area contributed by atoms with Gasteiger partial charge in [0.25, 0.3) is 0 Å². The summed E-state index contributed by atoms with van der Waals surface area (Å²) in [5.74, 6) is 3.44. The standard InChI is InChI=1S/C25H41NO3S/c1-16(27)29-21-18(15-30-6)17-8-12-25(21)13-9-19-23(2,20(25)14-17)10-7-11-24(19,3)22(28)26(4)5/h17-21H,7-15H2,1-6H3/t17-,18-,19-,20-,21+,23+,24+,25-/m0/s1. The predicted octanol–water partition coefficient (Wildman–Crippen LogP) is 5.01. The summed E-state index contributed by atoms with van der Waals surface area (Å²) in [6.07, 6.45) is 11.6. The molecule has 2 bridgehead atoms. The van der Waals surface area contributed by atoms with Crippen LogP contribution in [0.2, 0.25) is 0 Å². The number of thioether (sulfide) groups is 1. The molecular weight excluding hydrogens is 394 g/mol. The second-order valence-electron chi connectivity index (χ2n) is 11.5. The lowest BCUT2D eigenvalue weighted by atomic mass is 9.35. The van der Waals surface area contributed by atoms with Crippen LogP contribution in [0.3, 0.4) is 0 Å². The Labute approximate surface area is 187 Å². The number of fused-ring (bicyclic) bond motifs is 3. The molecule has 0 heterocycles. The van der Waals surface area contributed by atoms with Gasteiger partial charge >= 0.3 is 5.97 Å². The molecule has 5 aliphatic rings. The Bertz CT molecular complexity index is 711. The van der Waals surface area contributed by atoms with Crippen LogP contribution in [-0.2, 0) is 14.3 Å². The highest BCUT2D eigenvalue weighted by Crippen LogP contribution is 2.72. The van der Waals surface area contributed by atoms with E-state index in [-0.39, 0.29) is 28.3 Å². The molecule has 0 radical (unpaired) electrons. The van der Waals surface area contributed by atoms with Crippen LogP contribution in [0.5, 0.6) is 0 Å². The van der Waals surface area contributed by atoms with E-state index in [0.717, 1.165) is 31.4 Å². The molecule has 5 rings (SSSR count). The average Bonchev–Trinajstić information content (AvgIpc) is 2.69. The first-order valence-electron chi connectivity index (χ1n) is 12.0. The third kappa shape index (κ3) is 3.08. The van der Waals surface area contributed by atoms with Gasteiger partial charge in [0.15, 0.2) is 0 Å². The number of hydrogen-bond donors (Lipinski definition) is 0. The zero-order chi connectivity index (χ0) is 21.9. The van der Waals surface area contributed by atoms with E-state index in [1.54, 1.807) is 6.92 Å². The van der Waals surface area contributed by atoms with Gasteiger partial charge in [-0.2, -0.15) is 11.8 Å². The highest BCUT2D eigenvalue weighted by molar-refractivity contribution is 7.98. The first kappa shape index (κ1) is 22.5. The van der Waals surface area contributed by atoms with E-state index in [2.05, 4.69) is 20.1 Å². The lowest BCUT2D eigenvalue weighted by Gasteiger charge is -2.70. The minimum Gasteiger partial charge on any atom is -0.462 e. The highest BCUT2D eigenvalue weighted by atomic mass is 32.2. The van der Waals surface area contributed by atoms with Crippen LogP contribution in [0.1, 0.15) is 72.1 Å². The molecule has 5 aliphatic carbocycles. The minimum absolute atomic E-state index is 0.0652. The van der Waals surface area contributed by atoms with Crippen molar-refractivity contribution in [1.29, 1.82) is 0 Å². The van der Waals surface area contributed by atoms with Gasteiger partial charge in [0.2, 0.25) is 5.91 Å². The molecule has 0 unspecified atom stereocenters. The smallest absolute Gasteiger partial charge is 0.302 e. The molecule has 5 heteroatoms. The number of esters is 1. The summed E-state index contributed by atoms with van der Waals surface area (Å²) in [6, 6.07) is 0. The number of hydrogen-bond acceptors (Lipinski definition) is 4. The molecule has 1 amide bonds. The SMILES string of the molecule is CSC[C@H]1[C@H]2CC[C@@]3(CC[C@H]4[C@@](C)(CCC[C@@]4(C)C(=O)N(C)C)[C@@H]3C2)[C@@H]1OC(C)=O. The number of amides is 1. The van der Waals surface area contributed by atoms with Gasteiger partial charge in [0.1, 0.15) is 6.10 Å². The van der Waals surface area contributed by atoms with Crippen LogP contribution in [-0.4, -0.2) is 49.0 Å². The maximum absolute atomic E-state index is 13.3. The van der Waals surface area contributed by atoms with E-state index in [1.165, 1.54) is 25.7 Å². The molecule has 5 saturated carbocycles. The number of nitrogens with zero attached hydrogens (tertiary/aromatic N) is 1. The Hall–Kier alpha value is -0.710. The average molecular weight is 436 g/mol. The van der Waals surface area contributed by atoms with Gasteiger partial charge in [-0.3, -0.25) is 9.59 Å². The molecule has 0 aromatic carbocycles. The van der Waals surface area contributed by atoms with Crippen molar-refractivity contribution in [3.8, 4) is 0 Å². The lowest BCUT2D eigenvalue weighted by molar-refractivity contribution is -0.247. The third-order valence-electron chi connectivity index (χ3n) is 9.99. The maximum Gasteiger partial charge on any atom is 0.302 e. The molecule has 0 aromatic rings. The molecular formula is C25H41NO3S. The molecule has 0 aromatic heterocycles. The van der Waals surface area contributed by atoms with E-state index in [0.29, 0.717) is 29.6 Å². The Morgan fingerprint density at radius 3 is 2.40 bits per heavy atom. The molecule has 0 saturated heterocycles. The summed E-state index contributed by atoms with van der Waals surface area (Å²) in [7, 11) is 3.83. The van der Waals surface area contributed by atoms with Gasteiger partial charge in [-0.15, -0.1) is 0 Å². The Kier molecular flexibility index (Phi) is 5.77. The van der Waals surface area contributed by atoms with Crippen LogP contribution < -0.4 is 0 Å². The molecule has 30 heavy (non-hydrogen) atoms. The number of carbonyl (C=O) groups excluding carboxylic acids is 2. The van der Waals surface area contributed by atoms with Gasteiger partial charge in [-0.25, -0.2) is 0 Å². The molecule has 8 atom stereocenters. The van der Waals surface area contributed by atoms with E-state index in [1.807, 2.05) is 30.8 Å². The summed E-state index contributed by atoms with van der Waals surface area (Å²) in [5.41, 5.74) is 0.0220. The monoisotopic (exact) mass is 435 g/mol. The predicted molar refractivity (Wildman–Crippen MR) is 122 cm³/mol. The Morgan fingerprint density at radius 2 is 1.77 bits per heavy atom. The van der Waals surface area contributed by atoms with Crippen molar-refractivity contribution in [3.63, 3.8) is 0 Å². The first-order chi connectivity index (χ1) is 14.1. The molecule has 170 valence electrons. The van der Waals surface area contributed by atoms with Crippen LogP contribution in [0.25, 0.3) is 0 Å². The van der Waals surface area contributed by atoms with Crippen molar-refractivity contribution < 1.29 is 14.3 Å². The summed E-state index contributed by atoms with van der Waals surface area (Å²) in [6.45, 7) is 6.33. The highest BCUT2D eigenvalue weighted by Gasteiger charge is 2.69. The number of carbonyl (C=O) groups is 2. The summed E-state index contributed by atoms with van der Waals surface area (Å²) >= 11 is 1.90. The lowest BCUT2D eigenvalue weighted by Crippen LogP contribution is -2.68. The molecule has 0 N–H and O–H groups in total. The largest absolute Gasteiger partial charge is 0.462 e. The van der Waals surface area contributed by atoms with Crippen molar-refractivity contribution in [2.24, 2.45) is 39.9 Å². The molecule has 5 fully saturated rings. The van der Waals surface area contributed by atoms with Crippen molar-refractivity contribution in [1.82, 2.24) is 4.90 Å². The quantitative estimate of drug-likeness (QED) is 0.583. The molecule has 1 spiro atoms. The van der Waals surface area contributed by atoms with Gasteiger partial charge in [0, 0.05) is 37.8 Å². The normalized spacial score (nSPS) is 47.2. The zero-order valence-electron chi connectivity index (χ0n) is 19.8.